The minimum atomic E-state index is 0.738. The van der Waals surface area contributed by atoms with Crippen LogP contribution in [0.1, 0.15) is 5.56 Å². The Morgan fingerprint density at radius 1 is 1.29 bits per heavy atom. The SMILES string of the molecule is COc1ccccc1NCc1ccnc(Br)c1. The zero-order chi connectivity index (χ0) is 12.1. The number of hydrogen-bond acceptors (Lipinski definition) is 3. The molecule has 17 heavy (non-hydrogen) atoms. The smallest absolute Gasteiger partial charge is 0.141 e. The maximum Gasteiger partial charge on any atom is 0.141 e. The van der Waals surface area contributed by atoms with E-state index < -0.39 is 0 Å². The van der Waals surface area contributed by atoms with Crippen molar-refractivity contribution in [1.29, 1.82) is 0 Å². The van der Waals surface area contributed by atoms with Crippen LogP contribution >= 0.6 is 15.9 Å². The standard InChI is InChI=1S/C13H13BrN2O/c1-17-12-5-3-2-4-11(12)16-9-10-6-7-15-13(14)8-10/h2-8,16H,9H2,1H3. The number of benzene rings is 1. The summed E-state index contributed by atoms with van der Waals surface area (Å²) < 4.78 is 6.12. The minimum absolute atomic E-state index is 0.738. The number of para-hydroxylation sites is 2. The Balaban J connectivity index is 2.07. The van der Waals surface area contributed by atoms with Crippen molar-refractivity contribution in [2.45, 2.75) is 6.54 Å². The summed E-state index contributed by atoms with van der Waals surface area (Å²) >= 11 is 3.35. The van der Waals surface area contributed by atoms with Gasteiger partial charge in [0.15, 0.2) is 0 Å². The van der Waals surface area contributed by atoms with Crippen molar-refractivity contribution in [2.75, 3.05) is 12.4 Å². The molecule has 0 saturated carbocycles. The molecule has 0 unspecified atom stereocenters. The van der Waals surface area contributed by atoms with Crippen LogP contribution in [-0.4, -0.2) is 12.1 Å². The number of aromatic nitrogens is 1. The van der Waals surface area contributed by atoms with Gasteiger partial charge in [-0.3, -0.25) is 0 Å². The van der Waals surface area contributed by atoms with E-state index in [2.05, 4.69) is 26.2 Å². The third kappa shape index (κ3) is 3.20. The first kappa shape index (κ1) is 11.9. The van der Waals surface area contributed by atoms with Gasteiger partial charge in [-0.15, -0.1) is 0 Å². The lowest BCUT2D eigenvalue weighted by Crippen LogP contribution is -2.01. The van der Waals surface area contributed by atoms with E-state index in [9.17, 15) is 0 Å². The second-order valence-electron chi connectivity index (χ2n) is 3.54. The number of methoxy groups -OCH3 is 1. The van der Waals surface area contributed by atoms with E-state index in [0.29, 0.717) is 0 Å². The highest BCUT2D eigenvalue weighted by Gasteiger charge is 2.01. The fourth-order valence-corrected chi connectivity index (χ4v) is 1.95. The van der Waals surface area contributed by atoms with Crippen molar-refractivity contribution in [3.63, 3.8) is 0 Å². The number of pyridine rings is 1. The molecule has 2 aromatic rings. The lowest BCUT2D eigenvalue weighted by Gasteiger charge is -2.10. The molecule has 1 aromatic carbocycles. The van der Waals surface area contributed by atoms with Crippen molar-refractivity contribution >= 4 is 21.6 Å². The molecule has 88 valence electrons. The van der Waals surface area contributed by atoms with Gasteiger partial charge < -0.3 is 10.1 Å². The molecule has 4 heteroatoms. The normalized spacial score (nSPS) is 10.0. The molecule has 0 spiro atoms. The highest BCUT2D eigenvalue weighted by molar-refractivity contribution is 9.10. The maximum absolute atomic E-state index is 5.27. The van der Waals surface area contributed by atoms with Gasteiger partial charge >= 0.3 is 0 Å². The van der Waals surface area contributed by atoms with Gasteiger partial charge in [0.1, 0.15) is 10.4 Å². The minimum Gasteiger partial charge on any atom is -0.495 e. The first-order valence-corrected chi connectivity index (χ1v) is 6.06. The fourth-order valence-electron chi connectivity index (χ4n) is 1.54. The number of rotatable bonds is 4. The zero-order valence-corrected chi connectivity index (χ0v) is 11.1. The van der Waals surface area contributed by atoms with Crippen LogP contribution in [0.25, 0.3) is 0 Å². The quantitative estimate of drug-likeness (QED) is 0.877. The monoisotopic (exact) mass is 292 g/mol. The molecule has 0 bridgehead atoms. The van der Waals surface area contributed by atoms with E-state index in [1.54, 1.807) is 13.3 Å². The van der Waals surface area contributed by atoms with Gasteiger partial charge in [0.05, 0.1) is 12.8 Å². The largest absolute Gasteiger partial charge is 0.495 e. The molecule has 0 radical (unpaired) electrons. The Bertz CT molecular complexity index is 502. The predicted octanol–water partition coefficient (Wildman–Crippen LogP) is 3.46. The maximum atomic E-state index is 5.27. The number of nitrogens with zero attached hydrogens (tertiary/aromatic N) is 1. The molecular weight excluding hydrogens is 280 g/mol. The van der Waals surface area contributed by atoms with Crippen LogP contribution < -0.4 is 10.1 Å². The van der Waals surface area contributed by atoms with Crippen molar-refractivity contribution < 1.29 is 4.74 Å². The third-order valence-electron chi connectivity index (χ3n) is 2.38. The van der Waals surface area contributed by atoms with Crippen molar-refractivity contribution in [1.82, 2.24) is 4.98 Å². The molecule has 0 aliphatic rings. The van der Waals surface area contributed by atoms with Gasteiger partial charge in [0, 0.05) is 12.7 Å². The van der Waals surface area contributed by atoms with Crippen LogP contribution in [0.4, 0.5) is 5.69 Å². The molecule has 0 aliphatic heterocycles. The van der Waals surface area contributed by atoms with Crippen LogP contribution in [0.2, 0.25) is 0 Å². The Hall–Kier alpha value is -1.55. The molecule has 0 atom stereocenters. The molecule has 2 rings (SSSR count). The average Bonchev–Trinajstić information content (AvgIpc) is 2.37. The number of hydrogen-bond donors (Lipinski definition) is 1. The molecule has 0 amide bonds. The Morgan fingerprint density at radius 3 is 2.88 bits per heavy atom. The summed E-state index contributed by atoms with van der Waals surface area (Å²) in [6.45, 7) is 0.738. The van der Waals surface area contributed by atoms with Gasteiger partial charge in [-0.25, -0.2) is 4.98 Å². The van der Waals surface area contributed by atoms with Gasteiger partial charge in [-0.1, -0.05) is 12.1 Å². The van der Waals surface area contributed by atoms with Gasteiger partial charge in [0.25, 0.3) is 0 Å². The van der Waals surface area contributed by atoms with Crippen LogP contribution in [-0.2, 0) is 6.54 Å². The third-order valence-corrected chi connectivity index (χ3v) is 2.81. The van der Waals surface area contributed by atoms with Crippen LogP contribution in [0, 0.1) is 0 Å². The molecule has 0 aliphatic carbocycles. The number of ether oxygens (including phenoxy) is 1. The van der Waals surface area contributed by atoms with Crippen LogP contribution in [0.5, 0.6) is 5.75 Å². The van der Waals surface area contributed by atoms with Crippen molar-refractivity contribution in [3.8, 4) is 5.75 Å². The van der Waals surface area contributed by atoms with E-state index in [4.69, 9.17) is 4.74 Å². The fraction of sp³-hybridized carbons (Fsp3) is 0.154. The predicted molar refractivity (Wildman–Crippen MR) is 72.3 cm³/mol. The topological polar surface area (TPSA) is 34.1 Å². The van der Waals surface area contributed by atoms with E-state index in [-0.39, 0.29) is 0 Å². The van der Waals surface area contributed by atoms with E-state index in [0.717, 1.165) is 28.1 Å². The average molecular weight is 293 g/mol. The van der Waals surface area contributed by atoms with Gasteiger partial charge in [-0.2, -0.15) is 0 Å². The molecule has 1 heterocycles. The second kappa shape index (κ2) is 5.68. The molecule has 1 aromatic heterocycles. The van der Waals surface area contributed by atoms with Crippen molar-refractivity contribution in [2.24, 2.45) is 0 Å². The number of anilines is 1. The number of nitrogens with one attached hydrogen (secondary N) is 1. The van der Waals surface area contributed by atoms with E-state index in [1.165, 1.54) is 0 Å². The molecule has 3 nitrogen and oxygen atoms in total. The first-order valence-electron chi connectivity index (χ1n) is 5.27. The van der Waals surface area contributed by atoms with Gasteiger partial charge in [0.2, 0.25) is 0 Å². The Kier molecular flexibility index (Phi) is 3.98. The summed E-state index contributed by atoms with van der Waals surface area (Å²) in [6, 6.07) is 11.8. The summed E-state index contributed by atoms with van der Waals surface area (Å²) in [5.41, 5.74) is 2.15. The van der Waals surface area contributed by atoms with E-state index >= 15 is 0 Å². The molecule has 0 fully saturated rings. The summed E-state index contributed by atoms with van der Waals surface area (Å²) in [7, 11) is 1.67. The number of halogens is 1. The van der Waals surface area contributed by atoms with Gasteiger partial charge in [-0.05, 0) is 45.8 Å². The molecular formula is C13H13BrN2O. The summed E-state index contributed by atoms with van der Waals surface area (Å²) in [5, 5.41) is 3.33. The first-order chi connectivity index (χ1) is 8.29. The second-order valence-corrected chi connectivity index (χ2v) is 4.35. The molecule has 1 N–H and O–H groups in total. The van der Waals surface area contributed by atoms with Crippen LogP contribution in [0.15, 0.2) is 47.2 Å². The molecule has 0 saturated heterocycles. The zero-order valence-electron chi connectivity index (χ0n) is 9.48. The highest BCUT2D eigenvalue weighted by atomic mass is 79.9. The summed E-state index contributed by atoms with van der Waals surface area (Å²) in [6.07, 6.45) is 1.78. The summed E-state index contributed by atoms with van der Waals surface area (Å²) in [4.78, 5) is 4.09. The van der Waals surface area contributed by atoms with Crippen LogP contribution in [0.3, 0.4) is 0 Å². The van der Waals surface area contributed by atoms with Crippen molar-refractivity contribution in [3.05, 3.63) is 52.8 Å². The Labute approximate surface area is 109 Å². The summed E-state index contributed by atoms with van der Waals surface area (Å²) in [5.74, 6) is 0.848. The van der Waals surface area contributed by atoms with E-state index in [1.807, 2.05) is 36.4 Å². The lowest BCUT2D eigenvalue weighted by atomic mass is 10.2. The lowest BCUT2D eigenvalue weighted by molar-refractivity contribution is 0.416. The highest BCUT2D eigenvalue weighted by Crippen LogP contribution is 2.23. The Morgan fingerprint density at radius 2 is 2.12 bits per heavy atom.